The van der Waals surface area contributed by atoms with Gasteiger partial charge in [0.1, 0.15) is 18.2 Å². The van der Waals surface area contributed by atoms with Crippen LogP contribution in [-0.4, -0.2) is 68.4 Å². The Morgan fingerprint density at radius 1 is 0.932 bits per heavy atom. The minimum absolute atomic E-state index is 0.0310. The van der Waals surface area contributed by atoms with E-state index in [9.17, 15) is 17.6 Å². The van der Waals surface area contributed by atoms with Crippen molar-refractivity contribution in [3.63, 3.8) is 0 Å². The highest BCUT2D eigenvalue weighted by Crippen LogP contribution is 2.35. The molecule has 5 rings (SSSR count). The molecule has 0 unspecified atom stereocenters. The molecule has 2 fully saturated rings. The highest BCUT2D eigenvalue weighted by Gasteiger charge is 2.44. The summed E-state index contributed by atoms with van der Waals surface area (Å²) in [6.07, 6.45) is 4.50. The molecule has 1 saturated heterocycles. The van der Waals surface area contributed by atoms with Gasteiger partial charge in [0.25, 0.3) is 0 Å². The van der Waals surface area contributed by atoms with Gasteiger partial charge in [0.2, 0.25) is 10.0 Å². The molecule has 1 amide bonds. The number of halogens is 1. The Kier molecular flexibility index (Phi) is 10.6. The maximum absolute atomic E-state index is 13.8. The number of benzene rings is 3. The largest absolute Gasteiger partial charge is 0.497 e. The van der Waals surface area contributed by atoms with Gasteiger partial charge in [-0.1, -0.05) is 54.6 Å². The number of nitrogens with zero attached hydrogens (tertiary/aromatic N) is 2. The molecule has 44 heavy (non-hydrogen) atoms. The third-order valence-electron chi connectivity index (χ3n) is 8.74. The smallest absolute Gasteiger partial charge is 0.410 e. The number of hydrogen-bond acceptors (Lipinski definition) is 6. The van der Waals surface area contributed by atoms with Gasteiger partial charge in [0, 0.05) is 19.1 Å². The van der Waals surface area contributed by atoms with E-state index in [1.807, 2.05) is 48.5 Å². The fraction of sp³-hybridized carbons (Fsp3) is 0.441. The zero-order valence-corrected chi connectivity index (χ0v) is 26.1. The molecule has 1 aliphatic heterocycles. The van der Waals surface area contributed by atoms with E-state index in [0.29, 0.717) is 18.7 Å². The maximum atomic E-state index is 13.8. The standard InChI is InChI=1S/C34H41FN2O6S/c1-41-30-15-11-25(12-16-30)22-37(44(2,39)40)32-19-20-36(34(38)43-23-26-7-4-3-5-8-26)33(32)24-42-31-17-13-27(14-18-31)28-9-6-10-29(35)21-28/h3-12,15-16,21,27,31-33H,13-14,17-20,22-24H2,1-2H3/t27-,31+,32-,33-/m0/s1. The second-order valence-electron chi connectivity index (χ2n) is 11.7. The number of likely N-dealkylation sites (tertiary alicyclic amines) is 1. The number of amides is 1. The highest BCUT2D eigenvalue weighted by molar-refractivity contribution is 7.88. The van der Waals surface area contributed by atoms with Crippen LogP contribution in [0, 0.1) is 5.82 Å². The van der Waals surface area contributed by atoms with Crippen molar-refractivity contribution in [2.24, 2.45) is 0 Å². The third kappa shape index (κ3) is 8.16. The summed E-state index contributed by atoms with van der Waals surface area (Å²) in [6, 6.07) is 22.5. The van der Waals surface area contributed by atoms with Crippen molar-refractivity contribution in [2.75, 3.05) is 26.5 Å². The van der Waals surface area contributed by atoms with Crippen LogP contribution in [0.2, 0.25) is 0 Å². The summed E-state index contributed by atoms with van der Waals surface area (Å²) in [5, 5.41) is 0. The lowest BCUT2D eigenvalue weighted by molar-refractivity contribution is -0.0130. The van der Waals surface area contributed by atoms with E-state index in [4.69, 9.17) is 14.2 Å². The number of ether oxygens (including phenoxy) is 3. The summed E-state index contributed by atoms with van der Waals surface area (Å²) < 4.78 is 59.0. The Hall–Kier alpha value is -3.47. The predicted molar refractivity (Wildman–Crippen MR) is 166 cm³/mol. The molecule has 10 heteroatoms. The van der Waals surface area contributed by atoms with Gasteiger partial charge in [-0.3, -0.25) is 0 Å². The van der Waals surface area contributed by atoms with Crippen LogP contribution in [0.5, 0.6) is 5.75 Å². The van der Waals surface area contributed by atoms with E-state index >= 15 is 0 Å². The molecular formula is C34H41FN2O6S. The van der Waals surface area contributed by atoms with Crippen LogP contribution in [0.4, 0.5) is 9.18 Å². The maximum Gasteiger partial charge on any atom is 0.410 e. The second kappa shape index (κ2) is 14.5. The fourth-order valence-corrected chi connectivity index (χ4v) is 7.47. The van der Waals surface area contributed by atoms with E-state index < -0.39 is 28.2 Å². The number of carbonyl (C=O) groups excluding carboxylic acids is 1. The van der Waals surface area contributed by atoms with Crippen molar-refractivity contribution < 1.29 is 31.8 Å². The van der Waals surface area contributed by atoms with Crippen LogP contribution in [-0.2, 0) is 32.6 Å². The lowest BCUT2D eigenvalue weighted by Gasteiger charge is -2.35. The summed E-state index contributed by atoms with van der Waals surface area (Å²) in [7, 11) is -2.06. The lowest BCUT2D eigenvalue weighted by Crippen LogP contribution is -2.51. The van der Waals surface area contributed by atoms with Crippen molar-refractivity contribution in [1.82, 2.24) is 9.21 Å². The second-order valence-corrected chi connectivity index (χ2v) is 13.6. The van der Waals surface area contributed by atoms with Crippen LogP contribution >= 0.6 is 0 Å². The van der Waals surface area contributed by atoms with E-state index in [2.05, 4.69) is 0 Å². The van der Waals surface area contributed by atoms with Gasteiger partial charge in [-0.25, -0.2) is 17.6 Å². The van der Waals surface area contributed by atoms with Crippen molar-refractivity contribution >= 4 is 16.1 Å². The molecule has 3 aromatic carbocycles. The molecule has 2 aliphatic rings. The molecule has 1 saturated carbocycles. The minimum Gasteiger partial charge on any atom is -0.497 e. The first-order valence-corrected chi connectivity index (χ1v) is 17.0. The topological polar surface area (TPSA) is 85.4 Å². The summed E-state index contributed by atoms with van der Waals surface area (Å²) in [4.78, 5) is 15.0. The van der Waals surface area contributed by atoms with E-state index in [0.717, 1.165) is 42.4 Å². The molecule has 0 N–H and O–H groups in total. The number of methoxy groups -OCH3 is 1. The molecule has 236 valence electrons. The third-order valence-corrected chi connectivity index (χ3v) is 9.99. The van der Waals surface area contributed by atoms with E-state index in [1.54, 1.807) is 36.3 Å². The van der Waals surface area contributed by atoms with Crippen molar-refractivity contribution in [2.45, 2.75) is 69.4 Å². The lowest BCUT2D eigenvalue weighted by atomic mass is 9.82. The average molecular weight is 625 g/mol. The fourth-order valence-electron chi connectivity index (χ4n) is 6.35. The van der Waals surface area contributed by atoms with Crippen molar-refractivity contribution in [3.05, 3.63) is 101 Å². The zero-order valence-electron chi connectivity index (χ0n) is 25.3. The Morgan fingerprint density at radius 3 is 2.32 bits per heavy atom. The van der Waals surface area contributed by atoms with Gasteiger partial charge in [0.05, 0.1) is 32.1 Å². The quantitative estimate of drug-likeness (QED) is 0.256. The molecule has 0 spiro atoms. The van der Waals surface area contributed by atoms with Crippen LogP contribution in [0.3, 0.4) is 0 Å². The average Bonchev–Trinajstić information content (AvgIpc) is 3.45. The normalized spacial score (nSPS) is 22.2. The first-order valence-electron chi connectivity index (χ1n) is 15.2. The van der Waals surface area contributed by atoms with Crippen LogP contribution < -0.4 is 4.74 Å². The highest BCUT2D eigenvalue weighted by atomic mass is 32.2. The first kappa shape index (κ1) is 31.9. The van der Waals surface area contributed by atoms with E-state index in [-0.39, 0.29) is 37.6 Å². The molecule has 2 atom stereocenters. The molecule has 0 radical (unpaired) electrons. The number of carbonyl (C=O) groups is 1. The van der Waals surface area contributed by atoms with E-state index in [1.165, 1.54) is 16.6 Å². The van der Waals surface area contributed by atoms with Gasteiger partial charge in [0.15, 0.2) is 0 Å². The molecule has 1 aliphatic carbocycles. The first-order chi connectivity index (χ1) is 21.2. The Labute approximate surface area is 259 Å². The van der Waals surface area contributed by atoms with Crippen LogP contribution in [0.25, 0.3) is 0 Å². The van der Waals surface area contributed by atoms with Gasteiger partial charge in [-0.15, -0.1) is 0 Å². The molecule has 8 nitrogen and oxygen atoms in total. The summed E-state index contributed by atoms with van der Waals surface area (Å²) in [5.41, 5.74) is 2.70. The number of rotatable bonds is 11. The molecule has 0 aromatic heterocycles. The summed E-state index contributed by atoms with van der Waals surface area (Å²) in [5.74, 6) is 0.739. The SMILES string of the molecule is COc1ccc(CN([C@H]2CCN(C(=O)OCc3ccccc3)[C@H]2CO[C@H]2CC[C@@H](c3cccc(F)c3)CC2)S(C)(=O)=O)cc1. The Morgan fingerprint density at radius 2 is 1.66 bits per heavy atom. The summed E-state index contributed by atoms with van der Waals surface area (Å²) >= 11 is 0. The molecule has 3 aromatic rings. The molecular weight excluding hydrogens is 583 g/mol. The van der Waals surface area contributed by atoms with Crippen molar-refractivity contribution in [1.29, 1.82) is 0 Å². The van der Waals surface area contributed by atoms with Crippen molar-refractivity contribution in [3.8, 4) is 5.75 Å². The molecule has 0 bridgehead atoms. The van der Waals surface area contributed by atoms with Crippen LogP contribution in [0.15, 0.2) is 78.9 Å². The van der Waals surface area contributed by atoms with Gasteiger partial charge in [-0.2, -0.15) is 4.31 Å². The van der Waals surface area contributed by atoms with Gasteiger partial charge in [-0.05, 0) is 79.0 Å². The minimum atomic E-state index is -3.65. The van der Waals surface area contributed by atoms with Gasteiger partial charge >= 0.3 is 6.09 Å². The van der Waals surface area contributed by atoms with Gasteiger partial charge < -0.3 is 19.1 Å². The van der Waals surface area contributed by atoms with Crippen LogP contribution in [0.1, 0.15) is 54.7 Å². The molecule has 1 heterocycles. The Balaban J connectivity index is 1.30. The monoisotopic (exact) mass is 624 g/mol. The summed E-state index contributed by atoms with van der Waals surface area (Å²) in [6.45, 7) is 0.831. The number of hydrogen-bond donors (Lipinski definition) is 0. The predicted octanol–water partition coefficient (Wildman–Crippen LogP) is 6.12. The number of sulfonamides is 1. The Bertz CT molecular complexity index is 1480. The zero-order chi connectivity index (χ0) is 31.1.